The third kappa shape index (κ3) is 3.45. The second-order valence-electron chi connectivity index (χ2n) is 7.15. The van der Waals surface area contributed by atoms with Crippen molar-refractivity contribution in [3.05, 3.63) is 0 Å². The molecule has 3 N–H and O–H groups in total. The molecule has 1 amide bonds. The zero-order valence-corrected chi connectivity index (χ0v) is 12.4. The molecular formula is C14H28N2O2. The van der Waals surface area contributed by atoms with E-state index in [1.54, 1.807) is 4.90 Å². The number of carbonyl (C=O) groups is 1. The highest BCUT2D eigenvalue weighted by molar-refractivity contribution is 5.80. The van der Waals surface area contributed by atoms with Gasteiger partial charge in [-0.25, -0.2) is 0 Å². The van der Waals surface area contributed by atoms with Gasteiger partial charge in [-0.05, 0) is 17.8 Å². The summed E-state index contributed by atoms with van der Waals surface area (Å²) >= 11 is 0. The topological polar surface area (TPSA) is 66.6 Å². The Kier molecular flexibility index (Phi) is 4.44. The fraction of sp³-hybridized carbons (Fsp3) is 0.929. The molecule has 1 rings (SSSR count). The van der Waals surface area contributed by atoms with Crippen molar-refractivity contribution in [1.82, 2.24) is 4.90 Å². The number of hydrogen-bond donors (Lipinski definition) is 2. The molecule has 0 radical (unpaired) electrons. The summed E-state index contributed by atoms with van der Waals surface area (Å²) in [5.74, 6) is 0.153. The van der Waals surface area contributed by atoms with Gasteiger partial charge in [-0.1, -0.05) is 34.6 Å². The van der Waals surface area contributed by atoms with Crippen LogP contribution in [0.2, 0.25) is 0 Å². The van der Waals surface area contributed by atoms with Crippen LogP contribution in [-0.4, -0.2) is 41.1 Å². The third-order valence-electron chi connectivity index (χ3n) is 3.81. The van der Waals surface area contributed by atoms with Gasteiger partial charge in [0.25, 0.3) is 0 Å². The van der Waals surface area contributed by atoms with Gasteiger partial charge in [0, 0.05) is 6.54 Å². The average molecular weight is 256 g/mol. The predicted octanol–water partition coefficient (Wildman–Crippen LogP) is 1.23. The van der Waals surface area contributed by atoms with E-state index in [-0.39, 0.29) is 23.2 Å². The number of rotatable bonds is 4. The standard InChI is InChI=1S/C14H28N2O2/c1-10(2)14(18)8-16(9-14)12(17)11(7-15)6-13(3,4)5/h10-11,18H,6-9,15H2,1-5H3. The van der Waals surface area contributed by atoms with E-state index in [0.29, 0.717) is 19.6 Å². The van der Waals surface area contributed by atoms with E-state index in [9.17, 15) is 9.90 Å². The smallest absolute Gasteiger partial charge is 0.227 e. The molecule has 0 saturated carbocycles. The van der Waals surface area contributed by atoms with E-state index in [1.807, 2.05) is 13.8 Å². The van der Waals surface area contributed by atoms with Crippen molar-refractivity contribution < 1.29 is 9.90 Å². The van der Waals surface area contributed by atoms with Gasteiger partial charge in [-0.15, -0.1) is 0 Å². The number of β-amino-alcohol motifs (C(OH)–C–C–N with tert-alkyl or cyclic N) is 1. The highest BCUT2D eigenvalue weighted by atomic mass is 16.3. The van der Waals surface area contributed by atoms with Crippen LogP contribution in [-0.2, 0) is 4.79 Å². The van der Waals surface area contributed by atoms with Crippen molar-refractivity contribution in [1.29, 1.82) is 0 Å². The molecule has 0 aromatic rings. The van der Waals surface area contributed by atoms with Gasteiger partial charge in [0.15, 0.2) is 0 Å². The van der Waals surface area contributed by atoms with Crippen LogP contribution in [0.5, 0.6) is 0 Å². The van der Waals surface area contributed by atoms with Gasteiger partial charge in [-0.3, -0.25) is 4.79 Å². The molecule has 4 nitrogen and oxygen atoms in total. The number of nitrogens with two attached hydrogens (primary N) is 1. The summed E-state index contributed by atoms with van der Waals surface area (Å²) < 4.78 is 0. The Morgan fingerprint density at radius 2 is 1.89 bits per heavy atom. The van der Waals surface area contributed by atoms with Crippen LogP contribution in [0, 0.1) is 17.3 Å². The first-order valence-electron chi connectivity index (χ1n) is 6.80. The molecule has 1 atom stereocenters. The van der Waals surface area contributed by atoms with E-state index >= 15 is 0 Å². The van der Waals surface area contributed by atoms with Crippen LogP contribution < -0.4 is 5.73 Å². The first-order valence-corrected chi connectivity index (χ1v) is 6.80. The molecule has 1 aliphatic rings. The molecule has 1 aliphatic heterocycles. The van der Waals surface area contributed by atoms with Gasteiger partial charge in [-0.2, -0.15) is 0 Å². The average Bonchev–Trinajstić information content (AvgIpc) is 2.18. The summed E-state index contributed by atoms with van der Waals surface area (Å²) in [7, 11) is 0. The van der Waals surface area contributed by atoms with E-state index < -0.39 is 5.60 Å². The summed E-state index contributed by atoms with van der Waals surface area (Å²) in [5, 5.41) is 10.2. The number of amides is 1. The van der Waals surface area contributed by atoms with Crippen molar-refractivity contribution in [2.24, 2.45) is 23.0 Å². The Morgan fingerprint density at radius 3 is 2.22 bits per heavy atom. The molecule has 0 aromatic carbocycles. The minimum absolute atomic E-state index is 0.0951. The lowest BCUT2D eigenvalue weighted by molar-refractivity contribution is -0.168. The predicted molar refractivity (Wildman–Crippen MR) is 73.0 cm³/mol. The van der Waals surface area contributed by atoms with Crippen LogP contribution in [0.25, 0.3) is 0 Å². The van der Waals surface area contributed by atoms with E-state index in [4.69, 9.17) is 5.73 Å². The van der Waals surface area contributed by atoms with Crippen molar-refractivity contribution in [3.8, 4) is 0 Å². The minimum atomic E-state index is -0.698. The quantitative estimate of drug-likeness (QED) is 0.795. The Morgan fingerprint density at radius 1 is 1.39 bits per heavy atom. The van der Waals surface area contributed by atoms with Crippen LogP contribution >= 0.6 is 0 Å². The Hall–Kier alpha value is -0.610. The van der Waals surface area contributed by atoms with Gasteiger partial charge in [0.2, 0.25) is 5.91 Å². The molecule has 4 heteroatoms. The number of aliphatic hydroxyl groups is 1. The largest absolute Gasteiger partial charge is 0.386 e. The minimum Gasteiger partial charge on any atom is -0.386 e. The van der Waals surface area contributed by atoms with Crippen LogP contribution in [0.3, 0.4) is 0 Å². The molecule has 106 valence electrons. The van der Waals surface area contributed by atoms with Crippen molar-refractivity contribution in [2.45, 2.75) is 46.6 Å². The summed E-state index contributed by atoms with van der Waals surface area (Å²) in [6.07, 6.45) is 0.791. The van der Waals surface area contributed by atoms with Gasteiger partial charge in [0.1, 0.15) is 5.60 Å². The van der Waals surface area contributed by atoms with E-state index in [1.165, 1.54) is 0 Å². The van der Waals surface area contributed by atoms with E-state index in [0.717, 1.165) is 6.42 Å². The molecule has 1 saturated heterocycles. The molecule has 1 unspecified atom stereocenters. The Labute approximate surface area is 111 Å². The van der Waals surface area contributed by atoms with Gasteiger partial charge < -0.3 is 15.7 Å². The summed E-state index contributed by atoms with van der Waals surface area (Å²) in [4.78, 5) is 14.0. The molecule has 0 spiro atoms. The van der Waals surface area contributed by atoms with Crippen LogP contribution in [0.1, 0.15) is 41.0 Å². The second kappa shape index (κ2) is 5.17. The van der Waals surface area contributed by atoms with Crippen molar-refractivity contribution in [2.75, 3.05) is 19.6 Å². The van der Waals surface area contributed by atoms with Crippen LogP contribution in [0.15, 0.2) is 0 Å². The summed E-state index contributed by atoms with van der Waals surface area (Å²) in [6.45, 7) is 11.6. The number of likely N-dealkylation sites (tertiary alicyclic amines) is 1. The molecular weight excluding hydrogens is 228 g/mol. The summed E-state index contributed by atoms with van der Waals surface area (Å²) in [6, 6.07) is 0. The van der Waals surface area contributed by atoms with Crippen molar-refractivity contribution in [3.63, 3.8) is 0 Å². The lowest BCUT2D eigenvalue weighted by Crippen LogP contribution is -2.67. The third-order valence-corrected chi connectivity index (χ3v) is 3.81. The maximum atomic E-state index is 12.3. The molecule has 1 fully saturated rings. The maximum Gasteiger partial charge on any atom is 0.227 e. The van der Waals surface area contributed by atoms with Gasteiger partial charge in [0.05, 0.1) is 19.0 Å². The van der Waals surface area contributed by atoms with Gasteiger partial charge >= 0.3 is 0 Å². The molecule has 0 aliphatic carbocycles. The second-order valence-corrected chi connectivity index (χ2v) is 7.15. The number of carbonyl (C=O) groups excluding carboxylic acids is 1. The van der Waals surface area contributed by atoms with E-state index in [2.05, 4.69) is 20.8 Å². The Balaban J connectivity index is 2.56. The number of hydrogen-bond acceptors (Lipinski definition) is 3. The molecule has 0 bridgehead atoms. The SMILES string of the molecule is CC(C)C1(O)CN(C(=O)C(CN)CC(C)(C)C)C1. The normalized spacial score (nSPS) is 20.8. The molecule has 1 heterocycles. The first-order chi connectivity index (χ1) is 8.09. The fourth-order valence-electron chi connectivity index (χ4n) is 2.40. The zero-order valence-electron chi connectivity index (χ0n) is 12.4. The lowest BCUT2D eigenvalue weighted by atomic mass is 9.80. The highest BCUT2D eigenvalue weighted by Gasteiger charge is 2.47. The zero-order chi connectivity index (χ0) is 14.1. The maximum absolute atomic E-state index is 12.3. The summed E-state index contributed by atoms with van der Waals surface area (Å²) in [5.41, 5.74) is 5.11. The Bertz CT molecular complexity index is 301. The molecule has 18 heavy (non-hydrogen) atoms. The van der Waals surface area contributed by atoms with Crippen LogP contribution in [0.4, 0.5) is 0 Å². The monoisotopic (exact) mass is 256 g/mol. The lowest BCUT2D eigenvalue weighted by Gasteiger charge is -2.50. The highest BCUT2D eigenvalue weighted by Crippen LogP contribution is 2.32. The fourth-order valence-corrected chi connectivity index (χ4v) is 2.40. The number of nitrogens with zero attached hydrogens (tertiary/aromatic N) is 1. The first kappa shape index (κ1) is 15.4. The molecule has 0 aromatic heterocycles. The van der Waals surface area contributed by atoms with Crippen molar-refractivity contribution >= 4 is 5.91 Å².